The fourth-order valence-electron chi connectivity index (χ4n) is 3.97. The van der Waals surface area contributed by atoms with Crippen molar-refractivity contribution in [2.75, 3.05) is 0 Å². The normalized spacial score (nSPS) is 15.5. The molecule has 0 bridgehead atoms. The van der Waals surface area contributed by atoms with Gasteiger partial charge in [0.05, 0.1) is 17.0 Å². The Bertz CT molecular complexity index is 1400. The summed E-state index contributed by atoms with van der Waals surface area (Å²) in [6.07, 6.45) is 0. The number of carbonyl (C=O) groups excluding carboxylic acids is 1. The molecule has 154 valence electrons. The first-order valence-electron chi connectivity index (χ1n) is 9.49. The van der Waals surface area contributed by atoms with Crippen molar-refractivity contribution in [1.29, 1.82) is 0 Å². The zero-order chi connectivity index (χ0) is 21.7. The number of nitrogens with zero attached hydrogens (tertiary/aromatic N) is 1. The second-order valence-corrected chi connectivity index (χ2v) is 8.68. The highest BCUT2D eigenvalue weighted by Gasteiger charge is 2.42. The van der Waals surface area contributed by atoms with Crippen LogP contribution < -0.4 is 5.43 Å². The third-order valence-corrected chi connectivity index (χ3v) is 6.09. The van der Waals surface area contributed by atoms with Gasteiger partial charge < -0.3 is 9.32 Å². The maximum atomic E-state index is 13.5. The summed E-state index contributed by atoms with van der Waals surface area (Å²) in [6.45, 7) is 0.181. The number of hydrogen-bond donors (Lipinski definition) is 0. The van der Waals surface area contributed by atoms with Crippen LogP contribution in [0, 0.1) is 5.82 Å². The molecular weight excluding hydrogens is 485 g/mol. The van der Waals surface area contributed by atoms with Crippen LogP contribution >= 0.6 is 27.5 Å². The second-order valence-electron chi connectivity index (χ2n) is 7.33. The molecular formula is C24H14BrClFNO3. The largest absolute Gasteiger partial charge is 0.450 e. The lowest BCUT2D eigenvalue weighted by atomic mass is 9.98. The van der Waals surface area contributed by atoms with Gasteiger partial charge in [-0.25, -0.2) is 4.39 Å². The van der Waals surface area contributed by atoms with E-state index in [1.807, 2.05) is 6.07 Å². The van der Waals surface area contributed by atoms with Crippen LogP contribution in [0.4, 0.5) is 4.39 Å². The number of amides is 1. The SMILES string of the molecule is O=C1c2oc3ccc(Br)cc3c(=O)c2C(c2cccc(Cl)c2)N1Cc1ccc(F)cc1. The molecule has 31 heavy (non-hydrogen) atoms. The van der Waals surface area contributed by atoms with Crippen LogP contribution in [-0.2, 0) is 6.54 Å². The molecule has 0 N–H and O–H groups in total. The average molecular weight is 499 g/mol. The molecule has 0 saturated heterocycles. The highest BCUT2D eigenvalue weighted by molar-refractivity contribution is 9.10. The van der Waals surface area contributed by atoms with Crippen molar-refractivity contribution < 1.29 is 13.6 Å². The van der Waals surface area contributed by atoms with Crippen LogP contribution in [-0.4, -0.2) is 10.8 Å². The van der Waals surface area contributed by atoms with Gasteiger partial charge in [-0.05, 0) is 53.6 Å². The van der Waals surface area contributed by atoms with Crippen molar-refractivity contribution in [2.24, 2.45) is 0 Å². The minimum Gasteiger partial charge on any atom is -0.450 e. The first-order chi connectivity index (χ1) is 14.9. The molecule has 0 radical (unpaired) electrons. The minimum absolute atomic E-state index is 0.0203. The van der Waals surface area contributed by atoms with E-state index < -0.39 is 11.9 Å². The van der Waals surface area contributed by atoms with Crippen LogP contribution in [0.25, 0.3) is 11.0 Å². The third kappa shape index (κ3) is 3.46. The van der Waals surface area contributed by atoms with E-state index in [-0.39, 0.29) is 29.1 Å². The van der Waals surface area contributed by atoms with E-state index in [2.05, 4.69) is 15.9 Å². The Morgan fingerprint density at radius 1 is 1.03 bits per heavy atom. The highest BCUT2D eigenvalue weighted by atomic mass is 79.9. The first kappa shape index (κ1) is 20.0. The molecule has 0 saturated carbocycles. The molecule has 4 nitrogen and oxygen atoms in total. The quantitative estimate of drug-likeness (QED) is 0.343. The number of carbonyl (C=O) groups is 1. The highest BCUT2D eigenvalue weighted by Crippen LogP contribution is 2.39. The Hall–Kier alpha value is -2.96. The maximum Gasteiger partial charge on any atom is 0.291 e. The smallest absolute Gasteiger partial charge is 0.291 e. The molecule has 3 aromatic carbocycles. The van der Waals surface area contributed by atoms with Gasteiger partial charge in [0.1, 0.15) is 11.4 Å². The van der Waals surface area contributed by atoms with Gasteiger partial charge in [0.15, 0.2) is 5.43 Å². The van der Waals surface area contributed by atoms with E-state index in [0.29, 0.717) is 21.6 Å². The fraction of sp³-hybridized carbons (Fsp3) is 0.0833. The summed E-state index contributed by atoms with van der Waals surface area (Å²) in [6, 6.07) is 17.4. The van der Waals surface area contributed by atoms with E-state index in [4.69, 9.17) is 16.0 Å². The number of hydrogen-bond acceptors (Lipinski definition) is 3. The van der Waals surface area contributed by atoms with Crippen LogP contribution in [0.2, 0.25) is 5.02 Å². The van der Waals surface area contributed by atoms with Gasteiger partial charge in [0, 0.05) is 16.0 Å². The van der Waals surface area contributed by atoms with E-state index in [1.165, 1.54) is 12.1 Å². The summed E-state index contributed by atoms with van der Waals surface area (Å²) in [5.41, 5.74) is 1.78. The summed E-state index contributed by atoms with van der Waals surface area (Å²) in [5, 5.41) is 0.879. The molecule has 1 aliphatic heterocycles. The second kappa shape index (κ2) is 7.62. The first-order valence-corrected chi connectivity index (χ1v) is 10.7. The van der Waals surface area contributed by atoms with Crippen molar-refractivity contribution in [3.63, 3.8) is 0 Å². The monoisotopic (exact) mass is 497 g/mol. The molecule has 7 heteroatoms. The predicted octanol–water partition coefficient (Wildman–Crippen LogP) is 6.09. The van der Waals surface area contributed by atoms with Crippen molar-refractivity contribution in [2.45, 2.75) is 12.6 Å². The summed E-state index contributed by atoms with van der Waals surface area (Å²) < 4.78 is 20.0. The van der Waals surface area contributed by atoms with E-state index in [9.17, 15) is 14.0 Å². The van der Waals surface area contributed by atoms with E-state index in [1.54, 1.807) is 53.4 Å². The number of rotatable bonds is 3. The molecule has 1 unspecified atom stereocenters. The molecule has 1 aliphatic rings. The van der Waals surface area contributed by atoms with Crippen molar-refractivity contribution in [3.8, 4) is 0 Å². The Kier molecular flexibility index (Phi) is 4.91. The van der Waals surface area contributed by atoms with E-state index >= 15 is 0 Å². The molecule has 0 aliphatic carbocycles. The van der Waals surface area contributed by atoms with Gasteiger partial charge in [0.2, 0.25) is 5.76 Å². The maximum absolute atomic E-state index is 13.5. The Morgan fingerprint density at radius 3 is 2.55 bits per heavy atom. The molecule has 0 spiro atoms. The van der Waals surface area contributed by atoms with Crippen LogP contribution in [0.1, 0.15) is 33.3 Å². The lowest BCUT2D eigenvalue weighted by Crippen LogP contribution is -2.29. The van der Waals surface area contributed by atoms with E-state index in [0.717, 1.165) is 10.0 Å². The summed E-state index contributed by atoms with van der Waals surface area (Å²) >= 11 is 9.60. The van der Waals surface area contributed by atoms with Gasteiger partial charge >= 0.3 is 0 Å². The Morgan fingerprint density at radius 2 is 1.81 bits per heavy atom. The van der Waals surface area contributed by atoms with Gasteiger partial charge in [-0.15, -0.1) is 0 Å². The molecule has 1 atom stereocenters. The molecule has 4 aromatic rings. The molecule has 1 amide bonds. The Balaban J connectivity index is 1.73. The zero-order valence-electron chi connectivity index (χ0n) is 15.9. The number of halogens is 3. The lowest BCUT2D eigenvalue weighted by Gasteiger charge is -2.25. The Labute approximate surface area is 190 Å². The van der Waals surface area contributed by atoms with Crippen LogP contribution in [0.3, 0.4) is 0 Å². The van der Waals surface area contributed by atoms with Gasteiger partial charge in [-0.2, -0.15) is 0 Å². The fourth-order valence-corrected chi connectivity index (χ4v) is 4.53. The molecule has 1 aromatic heterocycles. The van der Waals surface area contributed by atoms with Crippen molar-refractivity contribution >= 4 is 44.4 Å². The van der Waals surface area contributed by atoms with Gasteiger partial charge in [0.25, 0.3) is 5.91 Å². The van der Waals surface area contributed by atoms with Crippen molar-refractivity contribution in [3.05, 3.63) is 115 Å². The lowest BCUT2D eigenvalue weighted by molar-refractivity contribution is 0.0714. The van der Waals surface area contributed by atoms with Crippen LogP contribution in [0.15, 0.2) is 80.4 Å². The molecule has 5 rings (SSSR count). The zero-order valence-corrected chi connectivity index (χ0v) is 18.3. The summed E-state index contributed by atoms with van der Waals surface area (Å²) in [7, 11) is 0. The average Bonchev–Trinajstić information content (AvgIpc) is 3.02. The van der Waals surface area contributed by atoms with Crippen molar-refractivity contribution in [1.82, 2.24) is 4.90 Å². The number of fused-ring (bicyclic) bond motifs is 2. The summed E-state index contributed by atoms with van der Waals surface area (Å²) in [5.74, 6) is -0.738. The predicted molar refractivity (Wildman–Crippen MR) is 120 cm³/mol. The number of benzene rings is 3. The third-order valence-electron chi connectivity index (χ3n) is 5.36. The van der Waals surface area contributed by atoms with Gasteiger partial charge in [-0.1, -0.05) is 51.8 Å². The topological polar surface area (TPSA) is 50.5 Å². The summed E-state index contributed by atoms with van der Waals surface area (Å²) in [4.78, 5) is 28.4. The molecule has 2 heterocycles. The molecule has 0 fully saturated rings. The van der Waals surface area contributed by atoms with Gasteiger partial charge in [-0.3, -0.25) is 9.59 Å². The minimum atomic E-state index is -0.675. The standard InChI is InChI=1S/C24H14BrClFNO3/c25-15-6-9-19-18(11-15)22(29)20-21(14-2-1-3-16(26)10-14)28(24(30)23(20)31-19)12-13-4-7-17(27)8-5-13/h1-11,21H,12H2. The van der Waals surface area contributed by atoms with Crippen LogP contribution in [0.5, 0.6) is 0 Å².